The largest absolute Gasteiger partial charge is 0.462 e. The highest BCUT2D eigenvalue weighted by atomic mass is 32.2. The smallest absolute Gasteiger partial charge is 0.306 e. The Morgan fingerprint density at radius 2 is 1.09 bits per heavy atom. The predicted octanol–water partition coefficient (Wildman–Crippen LogP) is 8.22. The van der Waals surface area contributed by atoms with Crippen molar-refractivity contribution < 1.29 is 56.8 Å². The van der Waals surface area contributed by atoms with Gasteiger partial charge in [-0.1, -0.05) is 127 Å². The van der Waals surface area contributed by atoms with Gasteiger partial charge < -0.3 is 34.3 Å². The monoisotopic (exact) mass is 817 g/mol. The molecule has 1 aliphatic rings. The third kappa shape index (κ3) is 28.3. The van der Waals surface area contributed by atoms with E-state index in [1.54, 1.807) is 0 Å². The van der Waals surface area contributed by atoms with Gasteiger partial charge in [0.05, 0.1) is 6.61 Å². The standard InChI is InChI=1S/C43H76O12S/c1-3-5-7-9-11-13-15-17-19-21-23-25-27-29-31-38(44)52-33-36(34-53-43-42(48)41(47)40(46)37(55-43)35-56(49,50)51)54-39(45)32-30-28-26-24-22-20-18-16-14-12-10-8-6-4-2/h10,12,15-18,36-37,40-43,46-48H,3-9,11,13-14,19-35H2,1-2H3,(H,49,50,51)/b12-10+,17-15+,18-16+/t36-,37-,40-,41?,42?,43+/m1/s1. The number of aliphatic hydroxyl groups excluding tert-OH is 3. The number of unbranched alkanes of at least 4 members (excludes halogenated alkanes) is 17. The lowest BCUT2D eigenvalue weighted by molar-refractivity contribution is -0.297. The summed E-state index contributed by atoms with van der Waals surface area (Å²) in [6.07, 6.45) is 27.6. The van der Waals surface area contributed by atoms with Gasteiger partial charge in [-0.25, -0.2) is 0 Å². The summed E-state index contributed by atoms with van der Waals surface area (Å²) in [7, 11) is -4.60. The van der Waals surface area contributed by atoms with E-state index in [0.717, 1.165) is 83.5 Å². The molecule has 0 aromatic carbocycles. The van der Waals surface area contributed by atoms with Crippen molar-refractivity contribution in [3.05, 3.63) is 36.5 Å². The Hall–Kier alpha value is -2.13. The molecule has 0 radical (unpaired) electrons. The molecule has 1 rings (SSSR count). The molecule has 2 unspecified atom stereocenters. The van der Waals surface area contributed by atoms with Gasteiger partial charge in [-0.05, 0) is 64.2 Å². The van der Waals surface area contributed by atoms with Crippen LogP contribution in [0.15, 0.2) is 36.5 Å². The van der Waals surface area contributed by atoms with Crippen LogP contribution in [0.5, 0.6) is 0 Å². The van der Waals surface area contributed by atoms with E-state index in [4.69, 9.17) is 18.9 Å². The maximum atomic E-state index is 12.8. The van der Waals surface area contributed by atoms with Gasteiger partial charge in [0.25, 0.3) is 10.1 Å². The maximum absolute atomic E-state index is 12.8. The number of esters is 2. The van der Waals surface area contributed by atoms with Crippen LogP contribution in [0.4, 0.5) is 0 Å². The Kier molecular flexibility index (Phi) is 31.3. The minimum absolute atomic E-state index is 0.146. The van der Waals surface area contributed by atoms with Crippen LogP contribution in [0.25, 0.3) is 0 Å². The molecule has 13 heteroatoms. The van der Waals surface area contributed by atoms with Crippen LogP contribution in [0, 0.1) is 0 Å². The van der Waals surface area contributed by atoms with Gasteiger partial charge in [-0.2, -0.15) is 8.42 Å². The van der Waals surface area contributed by atoms with Gasteiger partial charge in [0.15, 0.2) is 12.4 Å². The van der Waals surface area contributed by atoms with E-state index in [-0.39, 0.29) is 19.4 Å². The number of rotatable bonds is 35. The zero-order valence-electron chi connectivity index (χ0n) is 34.5. The average molecular weight is 817 g/mol. The maximum Gasteiger partial charge on any atom is 0.306 e. The van der Waals surface area contributed by atoms with Crippen LogP contribution in [0.2, 0.25) is 0 Å². The summed E-state index contributed by atoms with van der Waals surface area (Å²) >= 11 is 0. The molecule has 0 spiro atoms. The molecule has 0 saturated carbocycles. The first-order valence-corrected chi connectivity index (χ1v) is 23.2. The van der Waals surface area contributed by atoms with E-state index in [0.29, 0.717) is 12.8 Å². The highest BCUT2D eigenvalue weighted by molar-refractivity contribution is 7.85. The zero-order chi connectivity index (χ0) is 41.3. The summed E-state index contributed by atoms with van der Waals surface area (Å²) in [5, 5.41) is 30.8. The Morgan fingerprint density at radius 1 is 0.607 bits per heavy atom. The number of ether oxygens (including phenoxy) is 4. The van der Waals surface area contributed by atoms with Crippen molar-refractivity contribution in [2.24, 2.45) is 0 Å². The number of hydrogen-bond acceptors (Lipinski definition) is 11. The molecule has 56 heavy (non-hydrogen) atoms. The number of aliphatic hydroxyl groups is 3. The predicted molar refractivity (Wildman–Crippen MR) is 219 cm³/mol. The summed E-state index contributed by atoms with van der Waals surface area (Å²) < 4.78 is 53.9. The normalized spacial score (nSPS) is 21.0. The fourth-order valence-electron chi connectivity index (χ4n) is 6.27. The zero-order valence-corrected chi connectivity index (χ0v) is 35.3. The fourth-order valence-corrected chi connectivity index (χ4v) is 6.97. The van der Waals surface area contributed by atoms with Crippen molar-refractivity contribution in [3.63, 3.8) is 0 Å². The van der Waals surface area contributed by atoms with Gasteiger partial charge in [0.2, 0.25) is 0 Å². The summed E-state index contributed by atoms with van der Waals surface area (Å²) in [5.74, 6) is -2.01. The second-order valence-corrected chi connectivity index (χ2v) is 16.5. The van der Waals surface area contributed by atoms with Gasteiger partial charge in [0, 0.05) is 12.8 Å². The number of carbonyl (C=O) groups is 2. The summed E-state index contributed by atoms with van der Waals surface area (Å²) in [6, 6.07) is 0. The first kappa shape index (κ1) is 51.9. The van der Waals surface area contributed by atoms with Crippen LogP contribution in [0.1, 0.15) is 168 Å². The van der Waals surface area contributed by atoms with E-state index < -0.39 is 71.2 Å². The van der Waals surface area contributed by atoms with Crippen LogP contribution < -0.4 is 0 Å². The van der Waals surface area contributed by atoms with Gasteiger partial charge in [-0.15, -0.1) is 0 Å². The van der Waals surface area contributed by atoms with Crippen LogP contribution in [-0.2, 0) is 38.7 Å². The lowest BCUT2D eigenvalue weighted by Crippen LogP contribution is -2.60. The minimum Gasteiger partial charge on any atom is -0.462 e. The molecule has 0 aliphatic carbocycles. The lowest BCUT2D eigenvalue weighted by atomic mass is 10.00. The summed E-state index contributed by atoms with van der Waals surface area (Å²) in [5.41, 5.74) is 0. The third-order valence-corrected chi connectivity index (χ3v) is 10.4. The number of hydrogen-bond donors (Lipinski definition) is 4. The third-order valence-electron chi connectivity index (χ3n) is 9.69. The van der Waals surface area contributed by atoms with Crippen molar-refractivity contribution >= 4 is 22.1 Å². The molecule has 1 aliphatic heterocycles. The molecule has 4 N–H and O–H groups in total. The summed E-state index contributed by atoms with van der Waals surface area (Å²) in [4.78, 5) is 25.3. The van der Waals surface area contributed by atoms with E-state index in [1.165, 1.54) is 44.9 Å². The molecule has 1 saturated heterocycles. The molecule has 12 nitrogen and oxygen atoms in total. The van der Waals surface area contributed by atoms with Crippen LogP contribution >= 0.6 is 0 Å². The highest BCUT2D eigenvalue weighted by Gasteiger charge is 2.46. The van der Waals surface area contributed by atoms with E-state index in [1.807, 2.05) is 0 Å². The van der Waals surface area contributed by atoms with Crippen molar-refractivity contribution in [3.8, 4) is 0 Å². The molecule has 0 bridgehead atoms. The Labute approximate surface area is 338 Å². The highest BCUT2D eigenvalue weighted by Crippen LogP contribution is 2.24. The molecule has 6 atom stereocenters. The van der Waals surface area contributed by atoms with Crippen LogP contribution in [0.3, 0.4) is 0 Å². The lowest BCUT2D eigenvalue weighted by Gasteiger charge is -2.40. The van der Waals surface area contributed by atoms with Crippen LogP contribution in [-0.4, -0.2) is 96.0 Å². The Bertz CT molecular complexity index is 1190. The topological polar surface area (TPSA) is 186 Å². The SMILES string of the molecule is CCCC/C=C/C/C=C/CCCCCCCC(=O)O[C@H](COC(=O)CCCCCCC/C=C/CCCCCCC)CO[C@H]1O[C@H](CS(=O)(=O)O)[C@@H](O)C(O)C1O. The number of carbonyl (C=O) groups excluding carboxylic acids is 2. The fraction of sp³-hybridized carbons (Fsp3) is 0.814. The molecular formula is C43H76O12S. The molecule has 0 aromatic heterocycles. The van der Waals surface area contributed by atoms with Gasteiger partial charge in [0.1, 0.15) is 36.8 Å². The van der Waals surface area contributed by atoms with Crippen molar-refractivity contribution in [1.82, 2.24) is 0 Å². The molecule has 1 fully saturated rings. The van der Waals surface area contributed by atoms with Crippen molar-refractivity contribution in [2.75, 3.05) is 19.0 Å². The second-order valence-electron chi connectivity index (χ2n) is 15.0. The minimum atomic E-state index is -4.60. The Morgan fingerprint density at radius 3 is 1.64 bits per heavy atom. The molecule has 326 valence electrons. The second kappa shape index (κ2) is 33.8. The van der Waals surface area contributed by atoms with E-state index in [9.17, 15) is 37.9 Å². The molecular weight excluding hydrogens is 741 g/mol. The first-order chi connectivity index (χ1) is 27.0. The quantitative estimate of drug-likeness (QED) is 0.0208. The van der Waals surface area contributed by atoms with Crippen molar-refractivity contribution in [2.45, 2.75) is 205 Å². The van der Waals surface area contributed by atoms with Gasteiger partial charge >= 0.3 is 11.9 Å². The van der Waals surface area contributed by atoms with E-state index >= 15 is 0 Å². The number of allylic oxidation sites excluding steroid dienone is 6. The molecule has 0 amide bonds. The summed E-state index contributed by atoms with van der Waals surface area (Å²) in [6.45, 7) is 3.68. The molecule has 1 heterocycles. The first-order valence-electron chi connectivity index (χ1n) is 21.5. The molecule has 0 aromatic rings. The van der Waals surface area contributed by atoms with E-state index in [2.05, 4.69) is 50.3 Å². The van der Waals surface area contributed by atoms with Gasteiger partial charge in [-0.3, -0.25) is 14.1 Å². The average Bonchev–Trinajstić information content (AvgIpc) is 3.16. The Balaban J connectivity index is 2.49. The van der Waals surface area contributed by atoms with Crippen molar-refractivity contribution in [1.29, 1.82) is 0 Å².